The maximum absolute atomic E-state index is 14.4. The minimum atomic E-state index is -4.01. The van der Waals surface area contributed by atoms with Gasteiger partial charge in [0.1, 0.15) is 0 Å². The summed E-state index contributed by atoms with van der Waals surface area (Å²) in [7, 11) is -7.98. The van der Waals surface area contributed by atoms with E-state index in [2.05, 4.69) is 12.1 Å². The molecular weight excluding hydrogens is 521 g/mol. The van der Waals surface area contributed by atoms with Crippen molar-refractivity contribution in [1.29, 1.82) is 0 Å². The van der Waals surface area contributed by atoms with Crippen molar-refractivity contribution >= 4 is 31.4 Å². The van der Waals surface area contributed by atoms with Crippen LogP contribution in [-0.4, -0.2) is 21.6 Å². The summed E-state index contributed by atoms with van der Waals surface area (Å²) in [5, 5.41) is 0. The van der Waals surface area contributed by atoms with Crippen molar-refractivity contribution in [3.63, 3.8) is 0 Å². The molecule has 3 fully saturated rings. The smallest absolute Gasteiger partial charge is 0.204 e. The minimum Gasteiger partial charge on any atom is -0.219 e. The van der Waals surface area contributed by atoms with Crippen molar-refractivity contribution in [3.05, 3.63) is 101 Å². The van der Waals surface area contributed by atoms with Crippen LogP contribution in [0.4, 0.5) is 0 Å². The molecule has 0 saturated heterocycles. The van der Waals surface area contributed by atoms with Crippen LogP contribution in [0.1, 0.15) is 25.7 Å². The molecular formula is C30H28O4S3. The van der Waals surface area contributed by atoms with Gasteiger partial charge in [0.05, 0.1) is 19.6 Å². The lowest BCUT2D eigenvalue weighted by Gasteiger charge is -2.47. The van der Waals surface area contributed by atoms with Gasteiger partial charge in [-0.05, 0) is 79.8 Å². The highest BCUT2D eigenvalue weighted by Gasteiger charge is 2.74. The lowest BCUT2D eigenvalue weighted by Crippen LogP contribution is -2.47. The standard InChI is InChI=1S/C30H28O4S3/c31-36(32,23-12-6-2-7-13-23)28-25-19-26(29(28)37(33,34)24-14-8-3-9-15-24)30(35-22-10-4-1-5-11-22)21-17-16-20(18-21)27(25)30/h1-15,20-21,25-27H,16-19H2/t20-,21-,25-,26+,27-,30-/m0/s1. The zero-order valence-electron chi connectivity index (χ0n) is 20.2. The third-order valence-electron chi connectivity index (χ3n) is 9.23. The molecule has 37 heavy (non-hydrogen) atoms. The van der Waals surface area contributed by atoms with Crippen molar-refractivity contribution < 1.29 is 16.8 Å². The van der Waals surface area contributed by atoms with E-state index in [1.807, 2.05) is 30.0 Å². The largest absolute Gasteiger partial charge is 0.219 e. The molecule has 0 radical (unpaired) electrons. The first-order valence-electron chi connectivity index (χ1n) is 12.9. The second-order valence-electron chi connectivity index (χ2n) is 10.8. The first-order valence-corrected chi connectivity index (χ1v) is 16.7. The lowest BCUT2D eigenvalue weighted by molar-refractivity contribution is 0.235. The van der Waals surface area contributed by atoms with E-state index < -0.39 is 19.7 Å². The highest BCUT2D eigenvalue weighted by atomic mass is 32.2. The Morgan fingerprint density at radius 2 is 1.19 bits per heavy atom. The van der Waals surface area contributed by atoms with E-state index in [0.29, 0.717) is 18.3 Å². The third-order valence-corrected chi connectivity index (χ3v) is 15.1. The van der Waals surface area contributed by atoms with E-state index in [1.165, 1.54) is 0 Å². The van der Waals surface area contributed by atoms with E-state index in [1.54, 1.807) is 60.7 Å². The van der Waals surface area contributed by atoms with Crippen LogP contribution in [0, 0.1) is 29.6 Å². The summed E-state index contributed by atoms with van der Waals surface area (Å²) in [4.78, 5) is 1.84. The molecule has 4 aliphatic rings. The van der Waals surface area contributed by atoms with Crippen molar-refractivity contribution in [3.8, 4) is 0 Å². The average Bonchev–Trinajstić information content (AvgIpc) is 3.69. The summed E-state index contributed by atoms with van der Waals surface area (Å²) in [5.74, 6) is 0.421. The zero-order valence-corrected chi connectivity index (χ0v) is 22.7. The normalized spacial score (nSPS) is 32.2. The molecule has 4 aliphatic carbocycles. The number of fused-ring (bicyclic) bond motifs is 9. The highest BCUT2D eigenvalue weighted by molar-refractivity contribution is 8.01. The van der Waals surface area contributed by atoms with Crippen LogP contribution in [0.2, 0.25) is 0 Å². The predicted molar refractivity (Wildman–Crippen MR) is 145 cm³/mol. The van der Waals surface area contributed by atoms with Crippen LogP contribution in [0.15, 0.2) is 115 Å². The molecule has 0 heterocycles. The molecule has 0 spiro atoms. The predicted octanol–water partition coefficient (Wildman–Crippen LogP) is 6.37. The summed E-state index contributed by atoms with van der Waals surface area (Å²) < 4.78 is 56.9. The molecule has 6 atom stereocenters. The molecule has 0 N–H and O–H groups in total. The fourth-order valence-electron chi connectivity index (χ4n) is 8.09. The van der Waals surface area contributed by atoms with Crippen molar-refractivity contribution in [2.75, 3.05) is 0 Å². The van der Waals surface area contributed by atoms with Crippen LogP contribution in [0.25, 0.3) is 0 Å². The zero-order chi connectivity index (χ0) is 25.4. The SMILES string of the molecule is O=S(=O)(C1=C(S(=O)(=O)c2ccccc2)[C@H]2C[C@H]1[C@@H]1[C@H]3CC[C@@H](C3)[C@@]12Sc1ccccc1)c1ccccc1. The molecule has 3 aromatic rings. The molecule has 0 aromatic heterocycles. The molecule has 3 saturated carbocycles. The molecule has 4 bridgehead atoms. The van der Waals surface area contributed by atoms with Crippen molar-refractivity contribution in [1.82, 2.24) is 0 Å². The Hall–Kier alpha value is -2.35. The number of sulfone groups is 2. The van der Waals surface area contributed by atoms with E-state index in [-0.39, 0.29) is 42.1 Å². The first-order chi connectivity index (χ1) is 17.8. The van der Waals surface area contributed by atoms with E-state index >= 15 is 0 Å². The average molecular weight is 549 g/mol. The van der Waals surface area contributed by atoms with Gasteiger partial charge in [-0.2, -0.15) is 0 Å². The van der Waals surface area contributed by atoms with Crippen molar-refractivity contribution in [2.24, 2.45) is 29.6 Å². The molecule has 7 heteroatoms. The lowest BCUT2D eigenvalue weighted by atomic mass is 9.72. The van der Waals surface area contributed by atoms with Crippen LogP contribution < -0.4 is 0 Å². The van der Waals surface area contributed by atoms with Crippen LogP contribution >= 0.6 is 11.8 Å². The van der Waals surface area contributed by atoms with E-state index in [4.69, 9.17) is 0 Å². The summed E-state index contributed by atoms with van der Waals surface area (Å²) in [5.41, 5.74) is 0. The number of benzene rings is 3. The van der Waals surface area contributed by atoms with Crippen LogP contribution in [-0.2, 0) is 19.7 Å². The molecule has 0 aliphatic heterocycles. The maximum atomic E-state index is 14.4. The topological polar surface area (TPSA) is 68.3 Å². The Morgan fingerprint density at radius 1 is 0.649 bits per heavy atom. The highest BCUT2D eigenvalue weighted by Crippen LogP contribution is 2.77. The van der Waals surface area contributed by atoms with Crippen LogP contribution in [0.5, 0.6) is 0 Å². The van der Waals surface area contributed by atoms with Gasteiger partial charge in [0.15, 0.2) is 0 Å². The second-order valence-corrected chi connectivity index (χ2v) is 16.0. The second kappa shape index (κ2) is 8.32. The Kier molecular flexibility index (Phi) is 5.34. The monoisotopic (exact) mass is 548 g/mol. The maximum Gasteiger partial charge on any atom is 0.204 e. The Morgan fingerprint density at radius 3 is 1.78 bits per heavy atom. The van der Waals surface area contributed by atoms with Gasteiger partial charge in [0.25, 0.3) is 0 Å². The van der Waals surface area contributed by atoms with Gasteiger partial charge in [-0.1, -0.05) is 54.6 Å². The summed E-state index contributed by atoms with van der Waals surface area (Å²) in [6.45, 7) is 0. The number of rotatable bonds is 6. The fraction of sp³-hybridized carbons (Fsp3) is 0.333. The van der Waals surface area contributed by atoms with E-state index in [9.17, 15) is 16.8 Å². The summed E-state index contributed by atoms with van der Waals surface area (Å²) in [6, 6.07) is 27.0. The molecule has 0 amide bonds. The van der Waals surface area contributed by atoms with Gasteiger partial charge in [0.2, 0.25) is 19.7 Å². The quantitative estimate of drug-likeness (QED) is 0.335. The Balaban J connectivity index is 1.49. The molecule has 4 nitrogen and oxygen atoms in total. The molecule has 3 aromatic carbocycles. The van der Waals surface area contributed by atoms with Gasteiger partial charge in [-0.15, -0.1) is 11.8 Å². The first kappa shape index (κ1) is 23.7. The van der Waals surface area contributed by atoms with Gasteiger partial charge in [-0.25, -0.2) is 16.8 Å². The fourth-order valence-corrected chi connectivity index (χ4v) is 14.4. The minimum absolute atomic E-state index is 0.166. The number of hydrogen-bond donors (Lipinski definition) is 0. The van der Waals surface area contributed by atoms with Gasteiger partial charge < -0.3 is 0 Å². The number of hydrogen-bond acceptors (Lipinski definition) is 5. The van der Waals surface area contributed by atoms with Crippen LogP contribution in [0.3, 0.4) is 0 Å². The van der Waals surface area contributed by atoms with Crippen molar-refractivity contribution in [2.45, 2.75) is 45.1 Å². The van der Waals surface area contributed by atoms with Gasteiger partial charge >= 0.3 is 0 Å². The number of thioether (sulfide) groups is 1. The molecule has 7 rings (SSSR count). The Bertz CT molecular complexity index is 1600. The summed E-state index contributed by atoms with van der Waals surface area (Å²) >= 11 is 1.83. The van der Waals surface area contributed by atoms with E-state index in [0.717, 1.165) is 24.2 Å². The molecule has 0 unspecified atom stereocenters. The number of allylic oxidation sites excluding steroid dienone is 2. The summed E-state index contributed by atoms with van der Waals surface area (Å²) in [6.07, 6.45) is 3.86. The third kappa shape index (κ3) is 3.26. The van der Waals surface area contributed by atoms with Gasteiger partial charge in [-0.3, -0.25) is 0 Å². The molecule has 190 valence electrons. The Labute approximate surface area is 223 Å². The van der Waals surface area contributed by atoms with Gasteiger partial charge in [0, 0.05) is 21.5 Å².